The van der Waals surface area contributed by atoms with Gasteiger partial charge < -0.3 is 25.2 Å². The number of amides is 2. The molecule has 8 heteroatoms. The lowest BCUT2D eigenvalue weighted by atomic mass is 10.2. The molecule has 0 saturated carbocycles. The van der Waals surface area contributed by atoms with E-state index in [1.807, 2.05) is 0 Å². The van der Waals surface area contributed by atoms with E-state index in [0.717, 1.165) is 17.7 Å². The van der Waals surface area contributed by atoms with E-state index in [4.69, 9.17) is 21.1 Å². The topological polar surface area (TPSA) is 79.8 Å². The Balaban J connectivity index is 2.00. The highest BCUT2D eigenvalue weighted by atomic mass is 35.5. The van der Waals surface area contributed by atoms with Crippen molar-refractivity contribution in [1.29, 1.82) is 0 Å². The molecule has 2 aromatic carbocycles. The van der Waals surface area contributed by atoms with Gasteiger partial charge in [-0.05, 0) is 23.8 Å². The Morgan fingerprint density at radius 3 is 2.58 bits per heavy atom. The zero-order valence-corrected chi connectivity index (χ0v) is 13.8. The van der Waals surface area contributed by atoms with Crippen LogP contribution in [0.5, 0.6) is 17.2 Å². The summed E-state index contributed by atoms with van der Waals surface area (Å²) in [5.41, 5.74) is 0.634. The van der Waals surface area contributed by atoms with E-state index in [1.54, 1.807) is 18.2 Å². The Labute approximate surface area is 143 Å². The van der Waals surface area contributed by atoms with Gasteiger partial charge in [-0.3, -0.25) is 0 Å². The molecular weight excluding hydrogens is 339 g/mol. The standard InChI is InChI=1S/C16H16ClFN2O4/c1-23-14-4-3-9(5-15(14)24-2)8-19-16(22)20-12-6-10(17)13(21)7-11(12)18/h3-7,21H,8H2,1-2H3,(H2,19,20,22). The van der Waals surface area contributed by atoms with Crippen LogP contribution < -0.4 is 20.1 Å². The minimum Gasteiger partial charge on any atom is -0.506 e. The summed E-state index contributed by atoms with van der Waals surface area (Å²) in [5, 5.41) is 14.1. The van der Waals surface area contributed by atoms with Crippen LogP contribution >= 0.6 is 11.6 Å². The number of hydrogen-bond acceptors (Lipinski definition) is 4. The van der Waals surface area contributed by atoms with Crippen LogP contribution in [0, 0.1) is 5.82 Å². The minimum atomic E-state index is -0.793. The van der Waals surface area contributed by atoms with Crippen molar-refractivity contribution in [2.45, 2.75) is 6.54 Å². The van der Waals surface area contributed by atoms with Crippen molar-refractivity contribution >= 4 is 23.3 Å². The first-order valence-corrected chi connectivity index (χ1v) is 7.26. The van der Waals surface area contributed by atoms with Gasteiger partial charge in [-0.1, -0.05) is 17.7 Å². The molecular formula is C16H16ClFN2O4. The number of aromatic hydroxyl groups is 1. The number of benzene rings is 2. The Morgan fingerprint density at radius 1 is 1.21 bits per heavy atom. The number of urea groups is 1. The molecule has 0 fully saturated rings. The maximum Gasteiger partial charge on any atom is 0.319 e. The van der Waals surface area contributed by atoms with E-state index < -0.39 is 17.6 Å². The monoisotopic (exact) mass is 354 g/mol. The van der Waals surface area contributed by atoms with Crippen LogP contribution in [-0.4, -0.2) is 25.4 Å². The lowest BCUT2D eigenvalue weighted by molar-refractivity contribution is 0.251. The van der Waals surface area contributed by atoms with Crippen molar-refractivity contribution in [3.8, 4) is 17.2 Å². The molecule has 0 aliphatic carbocycles. The van der Waals surface area contributed by atoms with Gasteiger partial charge in [0.05, 0.1) is 24.9 Å². The average molecular weight is 355 g/mol. The molecule has 0 unspecified atom stereocenters. The second kappa shape index (κ2) is 7.74. The zero-order valence-electron chi connectivity index (χ0n) is 13.0. The van der Waals surface area contributed by atoms with E-state index in [-0.39, 0.29) is 17.3 Å². The highest BCUT2D eigenvalue weighted by molar-refractivity contribution is 6.32. The predicted molar refractivity (Wildman–Crippen MR) is 88.5 cm³/mol. The molecule has 2 aromatic rings. The van der Waals surface area contributed by atoms with Crippen molar-refractivity contribution in [1.82, 2.24) is 5.32 Å². The highest BCUT2D eigenvalue weighted by Crippen LogP contribution is 2.29. The number of anilines is 1. The molecule has 0 radical (unpaired) electrons. The molecule has 2 amide bonds. The fraction of sp³-hybridized carbons (Fsp3) is 0.188. The summed E-state index contributed by atoms with van der Waals surface area (Å²) in [5.74, 6) is -0.0799. The Morgan fingerprint density at radius 2 is 1.92 bits per heavy atom. The maximum atomic E-state index is 13.6. The summed E-state index contributed by atoms with van der Waals surface area (Å²) in [7, 11) is 3.04. The second-order valence-corrected chi connectivity index (χ2v) is 5.19. The van der Waals surface area contributed by atoms with Crippen LogP contribution in [0.3, 0.4) is 0 Å². The molecule has 0 spiro atoms. The van der Waals surface area contributed by atoms with E-state index in [2.05, 4.69) is 10.6 Å². The van der Waals surface area contributed by atoms with Gasteiger partial charge in [-0.15, -0.1) is 0 Å². The van der Waals surface area contributed by atoms with Gasteiger partial charge in [-0.2, -0.15) is 0 Å². The molecule has 0 atom stereocenters. The van der Waals surface area contributed by atoms with Crippen LogP contribution in [0.4, 0.5) is 14.9 Å². The average Bonchev–Trinajstić information content (AvgIpc) is 2.57. The van der Waals surface area contributed by atoms with Crippen molar-refractivity contribution in [2.75, 3.05) is 19.5 Å². The summed E-state index contributed by atoms with van der Waals surface area (Å²) in [6, 6.07) is 6.53. The van der Waals surface area contributed by atoms with E-state index >= 15 is 0 Å². The SMILES string of the molecule is COc1ccc(CNC(=O)Nc2cc(Cl)c(O)cc2F)cc1OC. The van der Waals surface area contributed by atoms with Gasteiger partial charge in [-0.25, -0.2) is 9.18 Å². The molecule has 0 aliphatic heterocycles. The zero-order chi connectivity index (χ0) is 17.7. The van der Waals surface area contributed by atoms with Crippen LogP contribution in [0.1, 0.15) is 5.56 Å². The number of rotatable bonds is 5. The fourth-order valence-electron chi connectivity index (χ4n) is 1.97. The number of carbonyl (C=O) groups excluding carboxylic acids is 1. The number of ether oxygens (including phenoxy) is 2. The molecule has 24 heavy (non-hydrogen) atoms. The number of carbonyl (C=O) groups is 1. The van der Waals surface area contributed by atoms with Crippen molar-refractivity contribution < 1.29 is 23.8 Å². The van der Waals surface area contributed by atoms with Crippen LogP contribution in [0.2, 0.25) is 5.02 Å². The second-order valence-electron chi connectivity index (χ2n) is 4.78. The normalized spacial score (nSPS) is 10.2. The Hall–Kier alpha value is -2.67. The van der Waals surface area contributed by atoms with Crippen molar-refractivity contribution in [3.63, 3.8) is 0 Å². The number of nitrogens with one attached hydrogen (secondary N) is 2. The lowest BCUT2D eigenvalue weighted by Gasteiger charge is -2.11. The quantitative estimate of drug-likeness (QED) is 0.718. The maximum absolute atomic E-state index is 13.6. The third-order valence-electron chi connectivity index (χ3n) is 3.19. The van der Waals surface area contributed by atoms with Crippen LogP contribution in [-0.2, 0) is 6.54 Å². The number of methoxy groups -OCH3 is 2. The predicted octanol–water partition coefficient (Wildman–Crippen LogP) is 3.52. The van der Waals surface area contributed by atoms with Crippen LogP contribution in [0.15, 0.2) is 30.3 Å². The van der Waals surface area contributed by atoms with Crippen molar-refractivity contribution in [3.05, 3.63) is 46.7 Å². The molecule has 2 rings (SSSR count). The molecule has 3 N–H and O–H groups in total. The largest absolute Gasteiger partial charge is 0.506 e. The van der Waals surface area contributed by atoms with Gasteiger partial charge in [0.2, 0.25) is 0 Å². The summed E-state index contributed by atoms with van der Waals surface area (Å²) >= 11 is 5.69. The molecule has 128 valence electrons. The van der Waals surface area contributed by atoms with Gasteiger partial charge in [0, 0.05) is 12.6 Å². The summed E-state index contributed by atoms with van der Waals surface area (Å²) in [6.45, 7) is 0.194. The molecule has 0 heterocycles. The van der Waals surface area contributed by atoms with Gasteiger partial charge >= 0.3 is 6.03 Å². The molecule has 6 nitrogen and oxygen atoms in total. The smallest absolute Gasteiger partial charge is 0.319 e. The van der Waals surface area contributed by atoms with Crippen LogP contribution in [0.25, 0.3) is 0 Å². The summed E-state index contributed by atoms with van der Waals surface area (Å²) < 4.78 is 24.0. The number of phenols is 1. The minimum absolute atomic E-state index is 0.0633. The van der Waals surface area contributed by atoms with Gasteiger partial charge in [0.15, 0.2) is 17.3 Å². The number of phenolic OH excluding ortho intramolecular Hbond substituents is 1. The van der Waals surface area contributed by atoms with E-state index in [1.165, 1.54) is 14.2 Å². The first kappa shape index (κ1) is 17.7. The number of halogens is 2. The Bertz CT molecular complexity index is 755. The third kappa shape index (κ3) is 4.20. The van der Waals surface area contributed by atoms with Crippen molar-refractivity contribution in [2.24, 2.45) is 0 Å². The first-order valence-electron chi connectivity index (χ1n) is 6.88. The van der Waals surface area contributed by atoms with Gasteiger partial charge in [0.25, 0.3) is 0 Å². The summed E-state index contributed by atoms with van der Waals surface area (Å²) in [4.78, 5) is 11.9. The lowest BCUT2D eigenvalue weighted by Crippen LogP contribution is -2.28. The molecule has 0 aromatic heterocycles. The Kier molecular flexibility index (Phi) is 5.70. The van der Waals surface area contributed by atoms with Gasteiger partial charge in [0.1, 0.15) is 5.75 Å². The molecule has 0 saturated heterocycles. The summed E-state index contributed by atoms with van der Waals surface area (Å²) in [6.07, 6.45) is 0. The highest BCUT2D eigenvalue weighted by Gasteiger charge is 2.11. The molecule has 0 bridgehead atoms. The third-order valence-corrected chi connectivity index (χ3v) is 3.49. The van der Waals surface area contributed by atoms with E-state index in [9.17, 15) is 14.3 Å². The van der Waals surface area contributed by atoms with E-state index in [0.29, 0.717) is 11.5 Å². The fourth-order valence-corrected chi connectivity index (χ4v) is 2.14. The molecule has 0 aliphatic rings. The first-order chi connectivity index (χ1) is 11.4. The number of hydrogen-bond donors (Lipinski definition) is 3.